The Morgan fingerprint density at radius 3 is 2.60 bits per heavy atom. The number of carbonyl (C=O) groups excluding carboxylic acids is 1. The van der Waals surface area contributed by atoms with Gasteiger partial charge in [-0.05, 0) is 18.6 Å². The molecule has 5 nitrogen and oxygen atoms in total. The minimum absolute atomic E-state index is 0.261. The van der Waals surface area contributed by atoms with Crippen molar-refractivity contribution in [3.63, 3.8) is 0 Å². The quantitative estimate of drug-likeness (QED) is 0.788. The number of fused-ring (bicyclic) bond motifs is 2. The Labute approximate surface area is 117 Å². The Hall–Kier alpha value is -1.66. The van der Waals surface area contributed by atoms with Crippen molar-refractivity contribution in [2.45, 2.75) is 25.5 Å². The summed E-state index contributed by atoms with van der Waals surface area (Å²) in [6.45, 7) is 2.23. The summed E-state index contributed by atoms with van der Waals surface area (Å²) in [5, 5.41) is 1.16. The second-order valence-electron chi connectivity index (χ2n) is 5.14. The standard InChI is InChI=1S/C14H15NO4S/c1-10-2-4-11(5-3-10)6-7-20(17,18)15-9-12-8-13(15)14(16)19-12/h2-7,12-13H,8-9H2,1H3/b7-6+. The number of nitrogens with zero attached hydrogens (tertiary/aromatic N) is 1. The number of esters is 1. The number of ether oxygens (including phenoxy) is 1. The average molecular weight is 293 g/mol. The lowest BCUT2D eigenvalue weighted by Crippen LogP contribution is -2.43. The SMILES string of the molecule is Cc1ccc(/C=C/S(=O)(=O)N2CC3CC2C(=O)O3)cc1. The first kappa shape index (κ1) is 13.3. The molecule has 2 fully saturated rings. The summed E-state index contributed by atoms with van der Waals surface area (Å²) in [5.74, 6) is -0.437. The monoisotopic (exact) mass is 293 g/mol. The van der Waals surface area contributed by atoms with Crippen LogP contribution in [-0.2, 0) is 19.6 Å². The van der Waals surface area contributed by atoms with E-state index in [-0.39, 0.29) is 12.6 Å². The molecule has 0 saturated carbocycles. The molecule has 106 valence electrons. The summed E-state index contributed by atoms with van der Waals surface area (Å²) in [6.07, 6.45) is 1.73. The smallest absolute Gasteiger partial charge is 0.324 e. The van der Waals surface area contributed by atoms with E-state index in [0.717, 1.165) is 16.5 Å². The van der Waals surface area contributed by atoms with Gasteiger partial charge in [0, 0.05) is 11.8 Å². The van der Waals surface area contributed by atoms with E-state index in [0.29, 0.717) is 6.42 Å². The number of sulfonamides is 1. The van der Waals surface area contributed by atoms with Crippen LogP contribution in [0.2, 0.25) is 0 Å². The molecular formula is C14H15NO4S. The third-order valence-electron chi connectivity index (χ3n) is 3.61. The van der Waals surface area contributed by atoms with Gasteiger partial charge in [-0.25, -0.2) is 8.42 Å². The average Bonchev–Trinajstić information content (AvgIpc) is 2.97. The summed E-state index contributed by atoms with van der Waals surface area (Å²) in [7, 11) is -3.58. The second-order valence-corrected chi connectivity index (χ2v) is 6.91. The zero-order valence-electron chi connectivity index (χ0n) is 11.0. The van der Waals surface area contributed by atoms with Crippen LogP contribution in [0.4, 0.5) is 0 Å². The maximum Gasteiger partial charge on any atom is 0.324 e. The van der Waals surface area contributed by atoms with Crippen molar-refractivity contribution >= 4 is 22.1 Å². The summed E-state index contributed by atoms with van der Waals surface area (Å²) in [5.41, 5.74) is 1.93. The molecule has 0 spiro atoms. The highest BCUT2D eigenvalue weighted by Crippen LogP contribution is 2.31. The van der Waals surface area contributed by atoms with E-state index in [1.807, 2.05) is 31.2 Å². The molecule has 0 amide bonds. The number of carbonyl (C=O) groups is 1. The molecule has 0 aliphatic carbocycles. The van der Waals surface area contributed by atoms with Crippen molar-refractivity contribution in [3.05, 3.63) is 40.8 Å². The minimum atomic E-state index is -3.58. The third-order valence-corrected chi connectivity index (χ3v) is 5.15. The van der Waals surface area contributed by atoms with Crippen LogP contribution in [0.25, 0.3) is 6.08 Å². The van der Waals surface area contributed by atoms with E-state index < -0.39 is 22.0 Å². The molecule has 3 rings (SSSR count). The molecule has 0 radical (unpaired) electrons. The van der Waals surface area contributed by atoms with E-state index in [2.05, 4.69) is 0 Å². The summed E-state index contributed by atoms with van der Waals surface area (Å²) in [4.78, 5) is 11.5. The summed E-state index contributed by atoms with van der Waals surface area (Å²) >= 11 is 0. The second kappa shape index (κ2) is 4.71. The highest BCUT2D eigenvalue weighted by atomic mass is 32.2. The molecule has 2 unspecified atom stereocenters. The van der Waals surface area contributed by atoms with Crippen molar-refractivity contribution in [1.29, 1.82) is 0 Å². The van der Waals surface area contributed by atoms with Gasteiger partial charge in [0.15, 0.2) is 0 Å². The first-order chi connectivity index (χ1) is 9.45. The lowest BCUT2D eigenvalue weighted by molar-refractivity contribution is -0.148. The molecular weight excluding hydrogens is 278 g/mol. The van der Waals surface area contributed by atoms with Gasteiger partial charge in [-0.15, -0.1) is 0 Å². The first-order valence-electron chi connectivity index (χ1n) is 6.43. The molecule has 2 aliphatic rings. The summed E-state index contributed by atoms with van der Waals surface area (Å²) < 4.78 is 30.7. The minimum Gasteiger partial charge on any atom is -0.460 e. The van der Waals surface area contributed by atoms with Crippen LogP contribution >= 0.6 is 0 Å². The Morgan fingerprint density at radius 1 is 1.30 bits per heavy atom. The van der Waals surface area contributed by atoms with Crippen LogP contribution in [-0.4, -0.2) is 37.4 Å². The predicted molar refractivity (Wildman–Crippen MR) is 74.1 cm³/mol. The molecule has 2 bridgehead atoms. The molecule has 2 heterocycles. The first-order valence-corrected chi connectivity index (χ1v) is 7.93. The number of aryl methyl sites for hydroxylation is 1. The largest absolute Gasteiger partial charge is 0.460 e. The van der Waals surface area contributed by atoms with Crippen molar-refractivity contribution in [3.8, 4) is 0 Å². The molecule has 2 aliphatic heterocycles. The van der Waals surface area contributed by atoms with E-state index in [1.54, 1.807) is 6.08 Å². The summed E-state index contributed by atoms with van der Waals surface area (Å²) in [6, 6.07) is 6.90. The number of benzene rings is 1. The van der Waals surface area contributed by atoms with E-state index in [4.69, 9.17) is 4.74 Å². The number of hydrogen-bond donors (Lipinski definition) is 0. The fourth-order valence-electron chi connectivity index (χ4n) is 2.51. The lowest BCUT2D eigenvalue weighted by Gasteiger charge is -2.23. The van der Waals surface area contributed by atoms with Crippen molar-refractivity contribution < 1.29 is 17.9 Å². The lowest BCUT2D eigenvalue weighted by atomic mass is 10.2. The van der Waals surface area contributed by atoms with Gasteiger partial charge in [-0.3, -0.25) is 4.79 Å². The van der Waals surface area contributed by atoms with Gasteiger partial charge in [0.25, 0.3) is 0 Å². The number of morpholine rings is 1. The van der Waals surface area contributed by atoms with Gasteiger partial charge in [-0.2, -0.15) is 4.31 Å². The van der Waals surface area contributed by atoms with E-state index >= 15 is 0 Å². The molecule has 0 N–H and O–H groups in total. The van der Waals surface area contributed by atoms with Crippen LogP contribution in [0.15, 0.2) is 29.7 Å². The van der Waals surface area contributed by atoms with Gasteiger partial charge in [0.2, 0.25) is 10.0 Å². The molecule has 0 aromatic heterocycles. The Balaban J connectivity index is 1.79. The van der Waals surface area contributed by atoms with Gasteiger partial charge in [0.1, 0.15) is 12.1 Å². The molecule has 20 heavy (non-hydrogen) atoms. The van der Waals surface area contributed by atoms with Crippen molar-refractivity contribution in [2.75, 3.05) is 6.54 Å². The van der Waals surface area contributed by atoms with Gasteiger partial charge < -0.3 is 4.74 Å². The fourth-order valence-corrected chi connectivity index (χ4v) is 3.90. The third kappa shape index (κ3) is 2.36. The van der Waals surface area contributed by atoms with Gasteiger partial charge in [0.05, 0.1) is 6.54 Å². The van der Waals surface area contributed by atoms with E-state index in [9.17, 15) is 13.2 Å². The maximum absolute atomic E-state index is 12.2. The van der Waals surface area contributed by atoms with Crippen LogP contribution in [0.5, 0.6) is 0 Å². The highest BCUT2D eigenvalue weighted by Gasteiger charge is 2.50. The van der Waals surface area contributed by atoms with Crippen LogP contribution in [0.1, 0.15) is 17.5 Å². The molecule has 1 aromatic rings. The van der Waals surface area contributed by atoms with E-state index in [1.165, 1.54) is 4.31 Å². The van der Waals surface area contributed by atoms with Crippen LogP contribution < -0.4 is 0 Å². The van der Waals surface area contributed by atoms with Gasteiger partial charge >= 0.3 is 5.97 Å². The van der Waals surface area contributed by atoms with Crippen molar-refractivity contribution in [1.82, 2.24) is 4.31 Å². The molecule has 2 saturated heterocycles. The predicted octanol–water partition coefficient (Wildman–Crippen LogP) is 1.30. The molecule has 1 aromatic carbocycles. The number of hydrogen-bond acceptors (Lipinski definition) is 4. The topological polar surface area (TPSA) is 63.7 Å². The molecule has 6 heteroatoms. The Morgan fingerprint density at radius 2 is 2.00 bits per heavy atom. The zero-order valence-corrected chi connectivity index (χ0v) is 11.8. The zero-order chi connectivity index (χ0) is 14.3. The Kier molecular flexibility index (Phi) is 3.14. The molecule has 2 atom stereocenters. The van der Waals surface area contributed by atoms with Crippen molar-refractivity contribution in [2.24, 2.45) is 0 Å². The highest BCUT2D eigenvalue weighted by molar-refractivity contribution is 7.92. The Bertz CT molecular complexity index is 663. The number of rotatable bonds is 3. The maximum atomic E-state index is 12.2. The normalized spacial score (nSPS) is 26.4. The van der Waals surface area contributed by atoms with Gasteiger partial charge in [-0.1, -0.05) is 29.8 Å². The van der Waals surface area contributed by atoms with Crippen LogP contribution in [0.3, 0.4) is 0 Å². The van der Waals surface area contributed by atoms with Crippen LogP contribution in [0, 0.1) is 6.92 Å². The fraction of sp³-hybridized carbons (Fsp3) is 0.357.